The van der Waals surface area contributed by atoms with Crippen molar-refractivity contribution in [2.75, 3.05) is 26.2 Å². The lowest BCUT2D eigenvalue weighted by Gasteiger charge is -2.37. The summed E-state index contributed by atoms with van der Waals surface area (Å²) < 4.78 is 21.7. The molecule has 0 aliphatic carbocycles. The lowest BCUT2D eigenvalue weighted by Crippen LogP contribution is -2.44. The van der Waals surface area contributed by atoms with Crippen LogP contribution in [0.25, 0.3) is 22.4 Å². The Balaban J connectivity index is 2.19. The topological polar surface area (TPSA) is 100 Å². The summed E-state index contributed by atoms with van der Waals surface area (Å²) in [6.07, 6.45) is 0. The highest BCUT2D eigenvalue weighted by Crippen LogP contribution is 2.51. The molecule has 0 aliphatic rings. The molecule has 0 fully saturated rings. The fourth-order valence-electron chi connectivity index (χ4n) is 4.51. The Labute approximate surface area is 210 Å². The van der Waals surface area contributed by atoms with Crippen LogP contribution in [-0.2, 0) is 4.57 Å². The van der Waals surface area contributed by atoms with Crippen LogP contribution in [-0.4, -0.2) is 54.9 Å². The van der Waals surface area contributed by atoms with Gasteiger partial charge in [-0.3, -0.25) is 13.9 Å². The first kappa shape index (κ1) is 25.5. The van der Waals surface area contributed by atoms with Gasteiger partial charge in [0, 0.05) is 26.2 Å². The van der Waals surface area contributed by atoms with Crippen molar-refractivity contribution in [2.24, 2.45) is 0 Å². The fraction of sp³-hybridized carbons (Fsp3) is 0.308. The number of benzene rings is 2. The molecule has 36 heavy (non-hydrogen) atoms. The van der Waals surface area contributed by atoms with Gasteiger partial charge in [-0.2, -0.15) is 10.4 Å². The van der Waals surface area contributed by atoms with Gasteiger partial charge in [-0.1, -0.05) is 64.1 Å². The SMILES string of the molecule is CCN(CC)P(=O)(c1nc2c(C#N)n(-c3ccccc3)nc2c(=O)n1-c1ccccc1)N(CC)CC. The Hall–Kier alpha value is -3.57. The van der Waals surface area contributed by atoms with Crippen molar-refractivity contribution in [2.45, 2.75) is 27.7 Å². The number of rotatable bonds is 9. The number of hydrogen-bond donors (Lipinski definition) is 0. The Bertz CT molecular complexity index is 1480. The summed E-state index contributed by atoms with van der Waals surface area (Å²) in [4.78, 5) is 18.9. The maximum Gasteiger partial charge on any atom is 0.287 e. The van der Waals surface area contributed by atoms with E-state index < -0.39 is 13.0 Å². The van der Waals surface area contributed by atoms with Gasteiger partial charge >= 0.3 is 0 Å². The summed E-state index contributed by atoms with van der Waals surface area (Å²) in [5, 5.41) is 14.6. The zero-order valence-corrected chi connectivity index (χ0v) is 21.9. The molecular formula is C26H30N7O2P. The Morgan fingerprint density at radius 2 is 1.33 bits per heavy atom. The molecule has 0 N–H and O–H groups in total. The van der Waals surface area contributed by atoms with Gasteiger partial charge in [0.15, 0.2) is 11.2 Å². The van der Waals surface area contributed by atoms with Gasteiger partial charge in [0.1, 0.15) is 11.6 Å². The third-order valence-electron chi connectivity index (χ3n) is 6.29. The van der Waals surface area contributed by atoms with Crippen LogP contribution in [0.2, 0.25) is 0 Å². The number of nitrogens with zero attached hydrogens (tertiary/aromatic N) is 7. The quantitative estimate of drug-likeness (QED) is 0.319. The molecule has 0 amide bonds. The zero-order valence-electron chi connectivity index (χ0n) is 21.0. The molecule has 0 bridgehead atoms. The summed E-state index contributed by atoms with van der Waals surface area (Å²) >= 11 is 0. The average molecular weight is 504 g/mol. The molecule has 2 heterocycles. The fourth-order valence-corrected chi connectivity index (χ4v) is 7.61. The summed E-state index contributed by atoms with van der Waals surface area (Å²) in [5.74, 6) is 0. The van der Waals surface area contributed by atoms with Gasteiger partial charge in [0.25, 0.3) is 13.0 Å². The Morgan fingerprint density at radius 3 is 1.81 bits per heavy atom. The van der Waals surface area contributed by atoms with Crippen molar-refractivity contribution < 1.29 is 4.57 Å². The van der Waals surface area contributed by atoms with Crippen LogP contribution >= 0.6 is 7.44 Å². The molecule has 0 spiro atoms. The van der Waals surface area contributed by atoms with Crippen LogP contribution in [0.4, 0.5) is 0 Å². The van der Waals surface area contributed by atoms with E-state index in [0.29, 0.717) is 37.6 Å². The van der Waals surface area contributed by atoms with Gasteiger partial charge in [0.2, 0.25) is 5.57 Å². The van der Waals surface area contributed by atoms with E-state index in [1.54, 1.807) is 24.3 Å². The molecule has 4 rings (SSSR count). The van der Waals surface area contributed by atoms with Crippen molar-refractivity contribution in [1.29, 1.82) is 5.26 Å². The normalized spacial score (nSPS) is 11.9. The van der Waals surface area contributed by atoms with Crippen molar-refractivity contribution in [3.05, 3.63) is 76.7 Å². The second-order valence-electron chi connectivity index (χ2n) is 8.11. The summed E-state index contributed by atoms with van der Waals surface area (Å²) in [5.41, 5.74) is 1.16. The molecule has 0 aliphatic heterocycles. The molecular weight excluding hydrogens is 473 g/mol. The Morgan fingerprint density at radius 1 is 0.833 bits per heavy atom. The average Bonchev–Trinajstić information content (AvgIpc) is 3.30. The maximum atomic E-state index is 15.1. The molecule has 2 aromatic carbocycles. The minimum absolute atomic E-state index is 0.0497. The molecule has 0 unspecified atom stereocenters. The monoisotopic (exact) mass is 503 g/mol. The summed E-state index contributed by atoms with van der Waals surface area (Å²) in [7, 11) is -3.55. The highest BCUT2D eigenvalue weighted by molar-refractivity contribution is 7.66. The van der Waals surface area contributed by atoms with Gasteiger partial charge in [-0.05, 0) is 24.3 Å². The van der Waals surface area contributed by atoms with E-state index in [-0.39, 0.29) is 22.3 Å². The molecule has 0 saturated heterocycles. The number of aromatic nitrogens is 4. The van der Waals surface area contributed by atoms with Crippen LogP contribution in [0.1, 0.15) is 33.4 Å². The molecule has 4 aromatic rings. The number of fused-ring (bicyclic) bond motifs is 1. The summed E-state index contributed by atoms with van der Waals surface area (Å²) in [6, 6.07) is 20.4. The predicted molar refractivity (Wildman–Crippen MR) is 142 cm³/mol. The van der Waals surface area contributed by atoms with Crippen LogP contribution in [0.15, 0.2) is 65.5 Å². The van der Waals surface area contributed by atoms with Gasteiger partial charge in [-0.15, -0.1) is 0 Å². The standard InChI is InChI=1S/C26H30N7O2P/c1-5-30(6-2)36(35,31(7-3)8-4)26-28-23-22(19-27)33(21-17-13-10-14-18-21)29-24(23)25(34)32(26)20-15-11-9-12-16-20/h9-18H,5-8H2,1-4H3. The summed E-state index contributed by atoms with van der Waals surface area (Å²) in [6.45, 7) is 9.77. The smallest absolute Gasteiger partial charge is 0.280 e. The van der Waals surface area contributed by atoms with Gasteiger partial charge in [0.05, 0.1) is 11.4 Å². The molecule has 0 saturated carbocycles. The first-order valence-electron chi connectivity index (χ1n) is 12.1. The Kier molecular flexibility index (Phi) is 7.51. The van der Waals surface area contributed by atoms with E-state index in [1.807, 2.05) is 73.4 Å². The van der Waals surface area contributed by atoms with Crippen molar-refractivity contribution in [3.63, 3.8) is 0 Å². The minimum Gasteiger partial charge on any atom is -0.280 e. The zero-order chi connectivity index (χ0) is 25.9. The number of hydrogen-bond acceptors (Lipinski definition) is 5. The third kappa shape index (κ3) is 4.07. The van der Waals surface area contributed by atoms with Crippen molar-refractivity contribution >= 4 is 24.0 Å². The second kappa shape index (κ2) is 10.6. The molecule has 0 radical (unpaired) electrons. The van der Waals surface area contributed by atoms with Crippen LogP contribution in [0.5, 0.6) is 0 Å². The first-order valence-corrected chi connectivity index (χ1v) is 13.7. The molecule has 186 valence electrons. The predicted octanol–water partition coefficient (Wildman–Crippen LogP) is 3.95. The lowest BCUT2D eigenvalue weighted by molar-refractivity contribution is 0.367. The van der Waals surface area contributed by atoms with E-state index in [9.17, 15) is 10.1 Å². The molecule has 0 atom stereocenters. The van der Waals surface area contributed by atoms with Crippen molar-refractivity contribution in [1.82, 2.24) is 28.7 Å². The number of para-hydroxylation sites is 2. The maximum absolute atomic E-state index is 15.1. The van der Waals surface area contributed by atoms with Crippen LogP contribution in [0.3, 0.4) is 0 Å². The molecule has 2 aromatic heterocycles. The highest BCUT2D eigenvalue weighted by atomic mass is 31.2. The lowest BCUT2D eigenvalue weighted by atomic mass is 10.3. The third-order valence-corrected chi connectivity index (χ3v) is 9.77. The van der Waals surface area contributed by atoms with E-state index in [4.69, 9.17) is 4.98 Å². The highest BCUT2D eigenvalue weighted by Gasteiger charge is 2.42. The number of nitriles is 1. The van der Waals surface area contributed by atoms with E-state index in [0.717, 1.165) is 0 Å². The second-order valence-corrected chi connectivity index (χ2v) is 10.7. The molecule has 10 heteroatoms. The van der Waals surface area contributed by atoms with E-state index in [1.165, 1.54) is 9.25 Å². The van der Waals surface area contributed by atoms with Crippen LogP contribution in [0, 0.1) is 11.3 Å². The minimum atomic E-state index is -3.55. The molecule has 9 nitrogen and oxygen atoms in total. The largest absolute Gasteiger partial charge is 0.287 e. The first-order chi connectivity index (χ1) is 17.5. The van der Waals surface area contributed by atoms with Crippen LogP contribution < -0.4 is 11.1 Å². The van der Waals surface area contributed by atoms with E-state index >= 15 is 4.57 Å². The van der Waals surface area contributed by atoms with Gasteiger partial charge in [-0.25, -0.2) is 19.0 Å². The van der Waals surface area contributed by atoms with E-state index in [2.05, 4.69) is 11.2 Å². The van der Waals surface area contributed by atoms with Gasteiger partial charge < -0.3 is 0 Å². The van der Waals surface area contributed by atoms with Crippen molar-refractivity contribution in [3.8, 4) is 17.4 Å².